The molecule has 0 bridgehead atoms. The molecule has 1 amide bonds. The quantitative estimate of drug-likeness (QED) is 0.244. The van der Waals surface area contributed by atoms with Crippen LogP contribution in [-0.4, -0.2) is 75.5 Å². The molecule has 1 saturated heterocycles. The molecule has 0 aliphatic carbocycles. The standard InChI is InChI=1S/C18H26FN3O4SSi/c1-28(2,3)13-8-18(22(24)15-23)14-27(25,26)21-11-9-20(10-12-21)17-6-4-16(19)5-7-17/h4-7,15,18,24H,9-12,14H2,1-3H3. The van der Waals surface area contributed by atoms with Gasteiger partial charge in [-0.15, -0.1) is 5.54 Å². The summed E-state index contributed by atoms with van der Waals surface area (Å²) in [7, 11) is -5.52. The summed E-state index contributed by atoms with van der Waals surface area (Å²) in [5.74, 6) is 1.97. The number of hydrogen-bond acceptors (Lipinski definition) is 5. The first kappa shape index (κ1) is 22.4. The zero-order valence-corrected chi connectivity index (χ0v) is 18.1. The van der Waals surface area contributed by atoms with Crippen molar-refractivity contribution in [3.63, 3.8) is 0 Å². The van der Waals surface area contributed by atoms with E-state index in [1.807, 2.05) is 24.5 Å². The highest BCUT2D eigenvalue weighted by Gasteiger charge is 2.31. The molecule has 1 aromatic rings. The van der Waals surface area contributed by atoms with Gasteiger partial charge in [0.25, 0.3) is 0 Å². The summed E-state index contributed by atoms with van der Waals surface area (Å²) in [6, 6.07) is 4.96. The van der Waals surface area contributed by atoms with Crippen molar-refractivity contribution in [3.05, 3.63) is 30.1 Å². The van der Waals surface area contributed by atoms with Crippen molar-refractivity contribution in [3.8, 4) is 11.5 Å². The monoisotopic (exact) mass is 427 g/mol. The molecule has 1 aromatic carbocycles. The zero-order valence-electron chi connectivity index (χ0n) is 16.3. The van der Waals surface area contributed by atoms with Gasteiger partial charge >= 0.3 is 0 Å². The first-order valence-corrected chi connectivity index (χ1v) is 14.1. The number of nitrogens with zero attached hydrogens (tertiary/aromatic N) is 3. The largest absolute Gasteiger partial charge is 0.369 e. The van der Waals surface area contributed by atoms with E-state index >= 15 is 0 Å². The van der Waals surface area contributed by atoms with Crippen molar-refractivity contribution in [2.75, 3.05) is 36.8 Å². The van der Waals surface area contributed by atoms with Gasteiger partial charge in [-0.1, -0.05) is 25.6 Å². The van der Waals surface area contributed by atoms with Crippen LogP contribution in [0.4, 0.5) is 10.1 Å². The molecule has 0 spiro atoms. The van der Waals surface area contributed by atoms with Crippen molar-refractivity contribution in [2.45, 2.75) is 25.7 Å². The molecule has 7 nitrogen and oxygen atoms in total. The van der Waals surface area contributed by atoms with Gasteiger partial charge in [0.1, 0.15) is 19.9 Å². The third-order valence-electron chi connectivity index (χ3n) is 4.23. The Morgan fingerprint density at radius 2 is 1.79 bits per heavy atom. The summed E-state index contributed by atoms with van der Waals surface area (Å²) in [6.45, 7) is 7.43. The normalized spacial score (nSPS) is 16.8. The molecule has 10 heteroatoms. The summed E-state index contributed by atoms with van der Waals surface area (Å²) < 4.78 is 40.0. The number of sulfonamides is 1. The van der Waals surface area contributed by atoms with Gasteiger partial charge in [0.2, 0.25) is 16.4 Å². The van der Waals surface area contributed by atoms with Crippen LogP contribution in [0, 0.1) is 17.3 Å². The third kappa shape index (κ3) is 6.30. The fraction of sp³-hybridized carbons (Fsp3) is 0.500. The smallest absolute Gasteiger partial charge is 0.234 e. The molecule has 28 heavy (non-hydrogen) atoms. The number of halogens is 1. The van der Waals surface area contributed by atoms with Gasteiger partial charge in [0.05, 0.1) is 5.75 Å². The van der Waals surface area contributed by atoms with Crippen LogP contribution in [0.3, 0.4) is 0 Å². The van der Waals surface area contributed by atoms with E-state index in [2.05, 4.69) is 11.5 Å². The summed E-state index contributed by atoms with van der Waals surface area (Å²) >= 11 is 0. The second kappa shape index (κ2) is 9.04. The van der Waals surface area contributed by atoms with Gasteiger partial charge in [0, 0.05) is 31.9 Å². The Labute approximate surface area is 166 Å². The number of benzene rings is 1. The fourth-order valence-electron chi connectivity index (χ4n) is 2.74. The van der Waals surface area contributed by atoms with Crippen molar-refractivity contribution < 1.29 is 22.8 Å². The van der Waals surface area contributed by atoms with Gasteiger partial charge in [-0.25, -0.2) is 17.9 Å². The number of hydrogen-bond donors (Lipinski definition) is 1. The number of amides is 1. The molecule has 1 aliphatic heterocycles. The number of carbonyl (C=O) groups is 1. The lowest BCUT2D eigenvalue weighted by molar-refractivity contribution is -0.153. The fourth-order valence-corrected chi connectivity index (χ4v) is 4.90. The molecule has 0 saturated carbocycles. The lowest BCUT2D eigenvalue weighted by Gasteiger charge is -2.36. The molecule has 1 heterocycles. The maximum Gasteiger partial charge on any atom is 0.234 e. The van der Waals surface area contributed by atoms with E-state index in [0.717, 1.165) is 5.69 Å². The average Bonchev–Trinajstić information content (AvgIpc) is 2.64. The highest BCUT2D eigenvalue weighted by Crippen LogP contribution is 2.18. The molecular formula is C18H26FN3O4SSi. The second-order valence-corrected chi connectivity index (χ2v) is 14.4. The van der Waals surface area contributed by atoms with Crippen molar-refractivity contribution in [1.82, 2.24) is 9.37 Å². The lowest BCUT2D eigenvalue weighted by atomic mass is 10.2. The van der Waals surface area contributed by atoms with Crippen molar-refractivity contribution in [2.24, 2.45) is 0 Å². The minimum atomic E-state index is -3.72. The molecule has 1 unspecified atom stereocenters. The minimum absolute atomic E-state index is 0.172. The topological polar surface area (TPSA) is 81.2 Å². The Morgan fingerprint density at radius 1 is 1.21 bits per heavy atom. The van der Waals surface area contributed by atoms with E-state index in [4.69, 9.17) is 0 Å². The van der Waals surface area contributed by atoms with E-state index < -0.39 is 29.9 Å². The van der Waals surface area contributed by atoms with Crippen LogP contribution in [-0.2, 0) is 14.8 Å². The van der Waals surface area contributed by atoms with Gasteiger partial charge in [-0.3, -0.25) is 10.0 Å². The van der Waals surface area contributed by atoms with Crippen LogP contribution < -0.4 is 4.90 Å². The number of anilines is 1. The Hall–Kier alpha value is -1.93. The van der Waals surface area contributed by atoms with Gasteiger partial charge in [-0.2, -0.15) is 4.31 Å². The van der Waals surface area contributed by atoms with E-state index in [1.54, 1.807) is 12.1 Å². The van der Waals surface area contributed by atoms with Crippen LogP contribution in [0.25, 0.3) is 0 Å². The Bertz CT molecular complexity index is 838. The SMILES string of the molecule is C[Si](C)(C)C#CC(CS(=O)(=O)N1CCN(c2ccc(F)cc2)CC1)N(O)C=O. The highest BCUT2D eigenvalue weighted by molar-refractivity contribution is 7.89. The Morgan fingerprint density at radius 3 is 2.29 bits per heavy atom. The van der Waals surface area contributed by atoms with Gasteiger partial charge in [-0.05, 0) is 24.3 Å². The van der Waals surface area contributed by atoms with Gasteiger partial charge in [0.15, 0.2) is 0 Å². The number of rotatable bonds is 6. The van der Waals surface area contributed by atoms with Crippen LogP contribution in [0.2, 0.25) is 19.6 Å². The van der Waals surface area contributed by atoms with Gasteiger partial charge < -0.3 is 4.90 Å². The molecule has 154 valence electrons. The summed E-state index contributed by atoms with van der Waals surface area (Å²) in [5, 5.41) is 10.1. The van der Waals surface area contributed by atoms with Crippen molar-refractivity contribution >= 4 is 30.2 Å². The number of hydroxylamine groups is 2. The predicted molar refractivity (Wildman–Crippen MR) is 109 cm³/mol. The zero-order chi connectivity index (χ0) is 20.9. The molecule has 1 N–H and O–H groups in total. The lowest BCUT2D eigenvalue weighted by Crippen LogP contribution is -2.51. The first-order valence-electron chi connectivity index (χ1n) is 8.95. The average molecular weight is 428 g/mol. The first-order chi connectivity index (χ1) is 13.0. The maximum atomic E-state index is 13.1. The van der Waals surface area contributed by atoms with Crippen LogP contribution in [0.15, 0.2) is 24.3 Å². The number of piperazine rings is 1. The highest BCUT2D eigenvalue weighted by atomic mass is 32.2. The molecule has 2 rings (SSSR count). The molecule has 1 aliphatic rings. The summed E-state index contributed by atoms with van der Waals surface area (Å²) in [4.78, 5) is 12.9. The van der Waals surface area contributed by atoms with E-state index in [-0.39, 0.29) is 25.3 Å². The summed E-state index contributed by atoms with van der Waals surface area (Å²) in [5.41, 5.74) is 3.84. The minimum Gasteiger partial charge on any atom is -0.369 e. The molecule has 0 radical (unpaired) electrons. The van der Waals surface area contributed by atoms with E-state index in [9.17, 15) is 22.8 Å². The molecule has 0 aromatic heterocycles. The van der Waals surface area contributed by atoms with Crippen LogP contribution in [0.1, 0.15) is 0 Å². The van der Waals surface area contributed by atoms with E-state index in [1.165, 1.54) is 16.4 Å². The summed E-state index contributed by atoms with van der Waals surface area (Å²) in [6.07, 6.45) is 0.172. The Kier molecular flexibility index (Phi) is 7.22. The molecule has 1 atom stereocenters. The predicted octanol–water partition coefficient (Wildman–Crippen LogP) is 1.37. The van der Waals surface area contributed by atoms with Crippen LogP contribution >= 0.6 is 0 Å². The molecule has 1 fully saturated rings. The number of carbonyl (C=O) groups excluding carboxylic acids is 1. The third-order valence-corrected chi connectivity index (χ3v) is 7.02. The van der Waals surface area contributed by atoms with Crippen LogP contribution in [0.5, 0.6) is 0 Å². The Balaban J connectivity index is 2.06. The second-order valence-electron chi connectivity index (χ2n) is 7.66. The molecular weight excluding hydrogens is 401 g/mol. The van der Waals surface area contributed by atoms with E-state index in [0.29, 0.717) is 18.2 Å². The maximum absolute atomic E-state index is 13.1. The van der Waals surface area contributed by atoms with Crippen molar-refractivity contribution in [1.29, 1.82) is 0 Å².